The molecule has 1 aromatic carbocycles. The van der Waals surface area contributed by atoms with Gasteiger partial charge in [0.1, 0.15) is 10.7 Å². The van der Waals surface area contributed by atoms with Crippen molar-refractivity contribution in [2.45, 2.75) is 11.4 Å². The molecule has 1 heterocycles. The summed E-state index contributed by atoms with van der Waals surface area (Å²) in [4.78, 5) is 10.2. The first-order valence-corrected chi connectivity index (χ1v) is 7.28. The van der Waals surface area contributed by atoms with Gasteiger partial charge in [-0.2, -0.15) is 5.10 Å². The number of hydrogen-bond acceptors (Lipinski definition) is 4. The summed E-state index contributed by atoms with van der Waals surface area (Å²) in [5.74, 6) is -2.64. The molecule has 0 atom stereocenters. The molecule has 0 bridgehead atoms. The Balaban J connectivity index is 2.28. The lowest BCUT2D eigenvalue weighted by atomic mass is 10.2. The van der Waals surface area contributed by atoms with Crippen LogP contribution in [0.1, 0.15) is 10.4 Å². The van der Waals surface area contributed by atoms with Crippen molar-refractivity contribution in [1.29, 1.82) is 0 Å². The third kappa shape index (κ3) is 3.02. The topological polar surface area (TPSA) is 89.3 Å². The molecule has 20 heavy (non-hydrogen) atoms. The molecule has 0 saturated carbocycles. The van der Waals surface area contributed by atoms with Crippen LogP contribution >= 0.6 is 0 Å². The fourth-order valence-corrected chi connectivity index (χ4v) is 2.95. The van der Waals surface area contributed by atoms with Crippen molar-refractivity contribution >= 4 is 15.8 Å². The number of aryl methyl sites for hydroxylation is 1. The molecule has 0 saturated heterocycles. The Morgan fingerprint density at radius 2 is 2.15 bits per heavy atom. The number of carboxylic acid groups (broad SMARTS) is 1. The Hall–Kier alpha value is -2.22. The standard InChI is InChI=1S/C12H11FN2O4S/c13-10-3-2-9(12(16)17)8-11(10)20(18,19)7-6-15-5-1-4-14-15/h1-5,8H,6-7H2,(H,16,17). The lowest BCUT2D eigenvalue weighted by Gasteiger charge is -2.07. The second kappa shape index (κ2) is 5.41. The number of hydrogen-bond donors (Lipinski definition) is 1. The molecule has 0 amide bonds. The highest BCUT2D eigenvalue weighted by atomic mass is 32.2. The number of nitrogens with zero attached hydrogens (tertiary/aromatic N) is 2. The maximum Gasteiger partial charge on any atom is 0.335 e. The molecule has 2 aromatic rings. The van der Waals surface area contributed by atoms with Crippen LogP contribution in [0.4, 0.5) is 4.39 Å². The van der Waals surface area contributed by atoms with Crippen LogP contribution in [-0.4, -0.2) is 35.0 Å². The van der Waals surface area contributed by atoms with E-state index in [1.807, 2.05) is 0 Å². The van der Waals surface area contributed by atoms with Crippen molar-refractivity contribution in [3.05, 3.63) is 48.0 Å². The van der Waals surface area contributed by atoms with Gasteiger partial charge >= 0.3 is 5.97 Å². The fraction of sp³-hybridized carbons (Fsp3) is 0.167. The highest BCUT2D eigenvalue weighted by Gasteiger charge is 2.21. The second-order valence-corrected chi connectivity index (χ2v) is 6.12. The zero-order valence-corrected chi connectivity index (χ0v) is 11.0. The first-order valence-electron chi connectivity index (χ1n) is 5.63. The van der Waals surface area contributed by atoms with E-state index in [4.69, 9.17) is 5.11 Å². The molecule has 1 N–H and O–H groups in total. The molecule has 6 nitrogen and oxygen atoms in total. The minimum absolute atomic E-state index is 0.0616. The van der Waals surface area contributed by atoms with Gasteiger partial charge in [0.25, 0.3) is 0 Å². The van der Waals surface area contributed by atoms with E-state index < -0.39 is 26.5 Å². The van der Waals surface area contributed by atoms with Crippen molar-refractivity contribution in [2.24, 2.45) is 0 Å². The number of aromatic carboxylic acids is 1. The maximum atomic E-state index is 13.6. The Morgan fingerprint density at radius 1 is 1.40 bits per heavy atom. The molecule has 106 valence electrons. The molecule has 0 fully saturated rings. The number of sulfone groups is 1. The smallest absolute Gasteiger partial charge is 0.335 e. The van der Waals surface area contributed by atoms with Gasteiger partial charge in [-0.05, 0) is 24.3 Å². The summed E-state index contributed by atoms with van der Waals surface area (Å²) < 4.78 is 39.1. The molecule has 0 aliphatic heterocycles. The van der Waals surface area contributed by atoms with Gasteiger partial charge in [-0.1, -0.05) is 0 Å². The van der Waals surface area contributed by atoms with Crippen LogP contribution in [0.25, 0.3) is 0 Å². The highest BCUT2D eigenvalue weighted by Crippen LogP contribution is 2.18. The van der Waals surface area contributed by atoms with E-state index in [9.17, 15) is 17.6 Å². The van der Waals surface area contributed by atoms with Gasteiger partial charge < -0.3 is 5.11 Å². The first kappa shape index (κ1) is 14.2. The number of aromatic nitrogens is 2. The zero-order chi connectivity index (χ0) is 14.8. The Bertz CT molecular complexity index is 726. The summed E-state index contributed by atoms with van der Waals surface area (Å²) >= 11 is 0. The van der Waals surface area contributed by atoms with Crippen LogP contribution in [0.2, 0.25) is 0 Å². The fourth-order valence-electron chi connectivity index (χ4n) is 1.63. The lowest BCUT2D eigenvalue weighted by molar-refractivity contribution is 0.0696. The summed E-state index contributed by atoms with van der Waals surface area (Å²) in [5.41, 5.74) is -0.274. The Labute approximate surface area is 114 Å². The van der Waals surface area contributed by atoms with Crippen molar-refractivity contribution in [1.82, 2.24) is 9.78 Å². The molecule has 0 aliphatic carbocycles. The van der Waals surface area contributed by atoms with Crippen LogP contribution in [0.3, 0.4) is 0 Å². The number of rotatable bonds is 5. The van der Waals surface area contributed by atoms with E-state index in [1.165, 1.54) is 10.9 Å². The molecule has 8 heteroatoms. The Morgan fingerprint density at radius 3 is 2.75 bits per heavy atom. The number of halogens is 1. The summed E-state index contributed by atoms with van der Waals surface area (Å²) in [5, 5.41) is 12.7. The van der Waals surface area contributed by atoms with E-state index >= 15 is 0 Å². The van der Waals surface area contributed by atoms with Gasteiger partial charge in [0.05, 0.1) is 17.9 Å². The van der Waals surface area contributed by atoms with Crippen molar-refractivity contribution in [3.63, 3.8) is 0 Å². The molecule has 0 unspecified atom stereocenters. The van der Waals surface area contributed by atoms with Crippen LogP contribution in [-0.2, 0) is 16.4 Å². The molecule has 0 aliphatic rings. The minimum atomic E-state index is -3.92. The third-order valence-electron chi connectivity index (χ3n) is 2.66. The van der Waals surface area contributed by atoms with Gasteiger partial charge in [-0.15, -0.1) is 0 Å². The average molecular weight is 298 g/mol. The predicted octanol–water partition coefficient (Wildman–Crippen LogP) is 1.19. The predicted molar refractivity (Wildman–Crippen MR) is 67.6 cm³/mol. The number of carbonyl (C=O) groups is 1. The van der Waals surface area contributed by atoms with Gasteiger partial charge in [-0.25, -0.2) is 17.6 Å². The van der Waals surface area contributed by atoms with Crippen LogP contribution in [0.15, 0.2) is 41.6 Å². The second-order valence-electron chi connectivity index (χ2n) is 4.04. The van der Waals surface area contributed by atoms with Crippen molar-refractivity contribution in [2.75, 3.05) is 5.75 Å². The molecular formula is C12H11FN2O4S. The lowest BCUT2D eigenvalue weighted by Crippen LogP contribution is -2.15. The molecule has 0 radical (unpaired) electrons. The summed E-state index contributed by atoms with van der Waals surface area (Å²) in [7, 11) is -3.92. The SMILES string of the molecule is O=C(O)c1ccc(F)c(S(=O)(=O)CCn2cccn2)c1. The Kier molecular flexibility index (Phi) is 3.84. The monoisotopic (exact) mass is 298 g/mol. The van der Waals surface area contributed by atoms with Crippen molar-refractivity contribution < 1.29 is 22.7 Å². The summed E-state index contributed by atoms with van der Waals surface area (Å²) in [6.45, 7) is 0.0616. The van der Waals surface area contributed by atoms with E-state index in [2.05, 4.69) is 5.10 Å². The van der Waals surface area contributed by atoms with Crippen LogP contribution in [0.5, 0.6) is 0 Å². The maximum absolute atomic E-state index is 13.6. The molecule has 0 spiro atoms. The molecule has 2 rings (SSSR count). The summed E-state index contributed by atoms with van der Waals surface area (Å²) in [6, 6.07) is 4.32. The van der Waals surface area contributed by atoms with Gasteiger partial charge in [0, 0.05) is 12.4 Å². The van der Waals surface area contributed by atoms with Gasteiger partial charge in [0.2, 0.25) is 0 Å². The number of carboxylic acids is 1. The quantitative estimate of drug-likeness (QED) is 0.895. The largest absolute Gasteiger partial charge is 0.478 e. The first-order chi connectivity index (χ1) is 9.40. The van der Waals surface area contributed by atoms with Crippen LogP contribution in [0, 0.1) is 5.82 Å². The molecule has 1 aromatic heterocycles. The van der Waals surface area contributed by atoms with Crippen molar-refractivity contribution in [3.8, 4) is 0 Å². The molecular weight excluding hydrogens is 287 g/mol. The number of benzene rings is 1. The average Bonchev–Trinajstić information content (AvgIpc) is 2.89. The highest BCUT2D eigenvalue weighted by molar-refractivity contribution is 7.91. The summed E-state index contributed by atoms with van der Waals surface area (Å²) in [6.07, 6.45) is 3.08. The van der Waals surface area contributed by atoms with Crippen LogP contribution < -0.4 is 0 Å². The normalized spacial score (nSPS) is 11.4. The van der Waals surface area contributed by atoms with E-state index in [0.717, 1.165) is 18.2 Å². The van der Waals surface area contributed by atoms with E-state index in [0.29, 0.717) is 0 Å². The zero-order valence-electron chi connectivity index (χ0n) is 10.2. The third-order valence-corrected chi connectivity index (χ3v) is 4.36. The van der Waals surface area contributed by atoms with E-state index in [-0.39, 0.29) is 17.9 Å². The van der Waals surface area contributed by atoms with E-state index in [1.54, 1.807) is 12.3 Å². The van der Waals surface area contributed by atoms with Gasteiger partial charge in [-0.3, -0.25) is 4.68 Å². The van der Waals surface area contributed by atoms with Gasteiger partial charge in [0.15, 0.2) is 9.84 Å². The minimum Gasteiger partial charge on any atom is -0.478 e.